The Bertz CT molecular complexity index is 681. The SMILES string of the molecule is COc1ccccc1CCC(=O)N1CCc2[nH]c(Br)cc2C1. The average Bonchev–Trinajstić information content (AvgIpc) is 2.91. The first kappa shape index (κ1) is 15.2. The molecule has 116 valence electrons. The number of carbonyl (C=O) groups excluding carboxylic acids is 1. The number of aryl methyl sites for hydroxylation is 1. The van der Waals surface area contributed by atoms with Gasteiger partial charge in [-0.2, -0.15) is 0 Å². The van der Waals surface area contributed by atoms with Crippen molar-refractivity contribution >= 4 is 21.8 Å². The number of hydrogen-bond acceptors (Lipinski definition) is 2. The lowest BCUT2D eigenvalue weighted by Gasteiger charge is -2.27. The molecule has 3 rings (SSSR count). The van der Waals surface area contributed by atoms with Crippen molar-refractivity contribution in [1.29, 1.82) is 0 Å². The third-order valence-electron chi connectivity index (χ3n) is 4.11. The van der Waals surface area contributed by atoms with Crippen molar-refractivity contribution in [3.63, 3.8) is 0 Å². The summed E-state index contributed by atoms with van der Waals surface area (Å²) in [5, 5.41) is 0. The third kappa shape index (κ3) is 3.19. The van der Waals surface area contributed by atoms with Crippen molar-refractivity contribution in [1.82, 2.24) is 9.88 Å². The third-order valence-corrected chi connectivity index (χ3v) is 4.53. The number of fused-ring (bicyclic) bond motifs is 1. The maximum atomic E-state index is 12.5. The molecular formula is C17H19BrN2O2. The number of aromatic amines is 1. The number of benzene rings is 1. The Kier molecular flexibility index (Phi) is 4.52. The van der Waals surface area contributed by atoms with Gasteiger partial charge in [0.15, 0.2) is 0 Å². The molecule has 1 aliphatic rings. The summed E-state index contributed by atoms with van der Waals surface area (Å²) < 4.78 is 6.32. The molecular weight excluding hydrogens is 344 g/mol. The molecule has 0 radical (unpaired) electrons. The van der Waals surface area contributed by atoms with Crippen molar-refractivity contribution in [3.8, 4) is 5.75 Å². The van der Waals surface area contributed by atoms with Gasteiger partial charge in [0.1, 0.15) is 5.75 Å². The van der Waals surface area contributed by atoms with Gasteiger partial charge < -0.3 is 14.6 Å². The van der Waals surface area contributed by atoms with Gasteiger partial charge in [0.05, 0.1) is 11.7 Å². The summed E-state index contributed by atoms with van der Waals surface area (Å²) >= 11 is 3.45. The highest BCUT2D eigenvalue weighted by molar-refractivity contribution is 9.10. The summed E-state index contributed by atoms with van der Waals surface area (Å²) in [5.74, 6) is 1.06. The van der Waals surface area contributed by atoms with Gasteiger partial charge in [0.25, 0.3) is 0 Å². The second-order valence-corrected chi connectivity index (χ2v) is 6.35. The van der Waals surface area contributed by atoms with Crippen molar-refractivity contribution < 1.29 is 9.53 Å². The fraction of sp³-hybridized carbons (Fsp3) is 0.353. The number of H-pyrrole nitrogens is 1. The molecule has 2 heterocycles. The van der Waals surface area contributed by atoms with E-state index in [1.165, 1.54) is 11.3 Å². The Morgan fingerprint density at radius 2 is 2.23 bits per heavy atom. The Balaban J connectivity index is 1.61. The van der Waals surface area contributed by atoms with E-state index in [2.05, 4.69) is 27.0 Å². The van der Waals surface area contributed by atoms with E-state index in [1.807, 2.05) is 29.2 Å². The smallest absolute Gasteiger partial charge is 0.223 e. The number of aromatic nitrogens is 1. The van der Waals surface area contributed by atoms with E-state index in [1.54, 1.807) is 7.11 Å². The molecule has 0 saturated heterocycles. The van der Waals surface area contributed by atoms with Crippen LogP contribution in [0.5, 0.6) is 5.75 Å². The second kappa shape index (κ2) is 6.57. The summed E-state index contributed by atoms with van der Waals surface area (Å²) in [7, 11) is 1.66. The zero-order valence-electron chi connectivity index (χ0n) is 12.6. The predicted octanol–water partition coefficient (Wildman–Crippen LogP) is 3.30. The molecule has 2 aromatic rings. The van der Waals surface area contributed by atoms with E-state index in [-0.39, 0.29) is 5.91 Å². The fourth-order valence-corrected chi connectivity index (χ4v) is 3.43. The van der Waals surface area contributed by atoms with Crippen LogP contribution in [-0.2, 0) is 24.2 Å². The summed E-state index contributed by atoms with van der Waals surface area (Å²) in [4.78, 5) is 17.7. The lowest BCUT2D eigenvalue weighted by Crippen LogP contribution is -2.35. The Labute approximate surface area is 138 Å². The monoisotopic (exact) mass is 362 g/mol. The molecule has 1 N–H and O–H groups in total. The van der Waals surface area contributed by atoms with Gasteiger partial charge in [-0.15, -0.1) is 0 Å². The zero-order valence-corrected chi connectivity index (χ0v) is 14.1. The van der Waals surface area contributed by atoms with E-state index >= 15 is 0 Å². The van der Waals surface area contributed by atoms with E-state index in [9.17, 15) is 4.79 Å². The number of rotatable bonds is 4. The highest BCUT2D eigenvalue weighted by Gasteiger charge is 2.22. The molecule has 1 aliphatic heterocycles. The van der Waals surface area contributed by atoms with Crippen LogP contribution in [0.1, 0.15) is 23.2 Å². The van der Waals surface area contributed by atoms with Crippen LogP contribution in [0.25, 0.3) is 0 Å². The topological polar surface area (TPSA) is 45.3 Å². The first-order valence-electron chi connectivity index (χ1n) is 7.43. The second-order valence-electron chi connectivity index (χ2n) is 5.50. The molecule has 0 unspecified atom stereocenters. The summed E-state index contributed by atoms with van der Waals surface area (Å²) in [6, 6.07) is 9.94. The molecule has 1 amide bonds. The largest absolute Gasteiger partial charge is 0.496 e. The van der Waals surface area contributed by atoms with Crippen LogP contribution < -0.4 is 4.74 Å². The summed E-state index contributed by atoms with van der Waals surface area (Å²) in [5.41, 5.74) is 3.53. The minimum atomic E-state index is 0.203. The Hall–Kier alpha value is -1.75. The van der Waals surface area contributed by atoms with Crippen LogP contribution in [0.15, 0.2) is 34.9 Å². The Morgan fingerprint density at radius 3 is 3.05 bits per heavy atom. The summed E-state index contributed by atoms with van der Waals surface area (Å²) in [6.07, 6.45) is 2.12. The lowest BCUT2D eigenvalue weighted by atomic mass is 10.1. The molecule has 22 heavy (non-hydrogen) atoms. The summed E-state index contributed by atoms with van der Waals surface area (Å²) in [6.45, 7) is 1.48. The quantitative estimate of drug-likeness (QED) is 0.906. The van der Waals surface area contributed by atoms with E-state index in [4.69, 9.17) is 4.74 Å². The van der Waals surface area contributed by atoms with Crippen LogP contribution in [0.2, 0.25) is 0 Å². The maximum Gasteiger partial charge on any atom is 0.223 e. The van der Waals surface area contributed by atoms with Gasteiger partial charge in [0.2, 0.25) is 5.91 Å². The normalized spacial score (nSPS) is 13.8. The molecule has 0 atom stereocenters. The molecule has 0 aliphatic carbocycles. The molecule has 0 saturated carbocycles. The molecule has 0 bridgehead atoms. The molecule has 1 aromatic heterocycles. The van der Waals surface area contributed by atoms with Crippen molar-refractivity contribution in [2.75, 3.05) is 13.7 Å². The number of nitrogens with zero attached hydrogens (tertiary/aromatic N) is 1. The zero-order chi connectivity index (χ0) is 15.5. The van der Waals surface area contributed by atoms with Crippen molar-refractivity contribution in [3.05, 3.63) is 51.8 Å². The predicted molar refractivity (Wildman–Crippen MR) is 88.9 cm³/mol. The number of amides is 1. The Morgan fingerprint density at radius 1 is 1.41 bits per heavy atom. The number of para-hydroxylation sites is 1. The van der Waals surface area contributed by atoms with Crippen molar-refractivity contribution in [2.24, 2.45) is 0 Å². The van der Waals surface area contributed by atoms with Crippen molar-refractivity contribution in [2.45, 2.75) is 25.8 Å². The van der Waals surface area contributed by atoms with Crippen LogP contribution in [0.3, 0.4) is 0 Å². The van der Waals surface area contributed by atoms with Gasteiger partial charge in [0, 0.05) is 31.6 Å². The van der Waals surface area contributed by atoms with Gasteiger partial charge in [-0.25, -0.2) is 0 Å². The number of methoxy groups -OCH3 is 1. The number of ether oxygens (including phenoxy) is 1. The van der Waals surface area contributed by atoms with Gasteiger partial charge >= 0.3 is 0 Å². The average molecular weight is 363 g/mol. The van der Waals surface area contributed by atoms with E-state index in [0.29, 0.717) is 19.4 Å². The fourth-order valence-electron chi connectivity index (χ4n) is 2.92. The number of carbonyl (C=O) groups is 1. The van der Waals surface area contributed by atoms with Crippen LogP contribution in [0.4, 0.5) is 0 Å². The standard InChI is InChI=1S/C17H19BrN2O2/c1-22-15-5-3-2-4-12(15)6-7-17(21)20-9-8-14-13(11-20)10-16(18)19-14/h2-5,10,19H,6-9,11H2,1H3. The number of halogens is 1. The number of nitrogens with one attached hydrogen (secondary N) is 1. The van der Waals surface area contributed by atoms with Crippen LogP contribution in [0, 0.1) is 0 Å². The highest BCUT2D eigenvalue weighted by Crippen LogP contribution is 2.24. The van der Waals surface area contributed by atoms with E-state index < -0.39 is 0 Å². The maximum absolute atomic E-state index is 12.5. The first-order valence-corrected chi connectivity index (χ1v) is 8.22. The number of hydrogen-bond donors (Lipinski definition) is 1. The lowest BCUT2D eigenvalue weighted by molar-refractivity contribution is -0.132. The first-order chi connectivity index (χ1) is 10.7. The van der Waals surface area contributed by atoms with Crippen LogP contribution >= 0.6 is 15.9 Å². The minimum absolute atomic E-state index is 0.203. The van der Waals surface area contributed by atoms with E-state index in [0.717, 1.165) is 28.9 Å². The minimum Gasteiger partial charge on any atom is -0.496 e. The molecule has 0 spiro atoms. The molecule has 4 nitrogen and oxygen atoms in total. The van der Waals surface area contributed by atoms with Gasteiger partial charge in [-0.3, -0.25) is 4.79 Å². The van der Waals surface area contributed by atoms with Crippen LogP contribution in [-0.4, -0.2) is 29.4 Å². The van der Waals surface area contributed by atoms with Gasteiger partial charge in [-0.05, 0) is 45.6 Å². The molecule has 0 fully saturated rings. The van der Waals surface area contributed by atoms with Gasteiger partial charge in [-0.1, -0.05) is 18.2 Å². The molecule has 5 heteroatoms. The molecule has 1 aromatic carbocycles. The highest BCUT2D eigenvalue weighted by atomic mass is 79.9.